The lowest BCUT2D eigenvalue weighted by Crippen LogP contribution is -1.93. The summed E-state index contributed by atoms with van der Waals surface area (Å²) in [7, 11) is 0. The highest BCUT2D eigenvalue weighted by atomic mass is 16.5. The number of benzene rings is 4. The number of nitrogens with zero attached hydrogens (tertiary/aromatic N) is 2. The largest absolute Gasteiger partial charge is 0.490 e. The molecule has 64 heavy (non-hydrogen) atoms. The Hall–Kier alpha value is -8.36. The van der Waals surface area contributed by atoms with E-state index in [1.54, 1.807) is 24.3 Å². The lowest BCUT2D eigenvalue weighted by Gasteiger charge is -2.09. The van der Waals surface area contributed by atoms with Crippen LogP contribution in [-0.4, -0.2) is 46.4 Å². The van der Waals surface area contributed by atoms with Gasteiger partial charge in [0.1, 0.15) is 49.4 Å². The zero-order chi connectivity index (χ0) is 43.8. The van der Waals surface area contributed by atoms with E-state index in [0.717, 1.165) is 112 Å². The molecule has 0 unspecified atom stereocenters. The monoisotopic (exact) mass is 838 g/mol. The summed E-state index contributed by atoms with van der Waals surface area (Å²) in [6.07, 6.45) is 15.3. The van der Waals surface area contributed by atoms with Crippen LogP contribution in [0.3, 0.4) is 0 Å². The predicted octanol–water partition coefficient (Wildman–Crippen LogP) is 13.6. The standard InChI is InChI=1S/C56H46N4O4/c1-5-33-61-41-17-9-37(10-18-41)53-45-25-27-47(57-45)54(38-11-19-42(20-12-38)62-34-6-2)49-29-31-51(59-49)56(40-15-23-44(24-16-40)64-36-8-4)52-32-30-50(60-52)55(48-28-26-46(53)58-48)39-13-21-43(22-14-39)63-35-7-3/h5-32,57,60H,1-4,33-36H2. The lowest BCUT2D eigenvalue weighted by molar-refractivity contribution is 0.363. The molecule has 5 heterocycles. The van der Waals surface area contributed by atoms with E-state index in [-0.39, 0.29) is 0 Å². The molecule has 0 atom stereocenters. The molecule has 0 radical (unpaired) electrons. The van der Waals surface area contributed by atoms with Gasteiger partial charge in [-0.1, -0.05) is 99.2 Å². The Kier molecular flexibility index (Phi) is 12.0. The molecule has 8 bridgehead atoms. The molecular formula is C56H46N4O4. The van der Waals surface area contributed by atoms with Gasteiger partial charge in [-0.25, -0.2) is 9.97 Å². The molecule has 314 valence electrons. The molecule has 3 aromatic heterocycles. The molecule has 0 saturated carbocycles. The fourth-order valence-corrected chi connectivity index (χ4v) is 7.91. The first kappa shape index (κ1) is 41.0. The zero-order valence-electron chi connectivity index (χ0n) is 35.4. The highest BCUT2D eigenvalue weighted by molar-refractivity contribution is 6.00. The quantitative estimate of drug-likeness (QED) is 0.0941. The van der Waals surface area contributed by atoms with Crippen LogP contribution < -0.4 is 18.9 Å². The van der Waals surface area contributed by atoms with Crippen molar-refractivity contribution in [2.24, 2.45) is 0 Å². The molecule has 0 saturated heterocycles. The molecule has 8 heteroatoms. The first-order chi connectivity index (χ1) is 31.5. The summed E-state index contributed by atoms with van der Waals surface area (Å²) in [5.74, 6) is 3.01. The van der Waals surface area contributed by atoms with Crippen LogP contribution in [0.25, 0.3) is 90.9 Å². The number of rotatable bonds is 16. The van der Waals surface area contributed by atoms with E-state index in [9.17, 15) is 0 Å². The smallest absolute Gasteiger partial charge is 0.119 e. The van der Waals surface area contributed by atoms with Crippen LogP contribution in [0.5, 0.6) is 23.0 Å². The molecule has 7 aromatic rings. The van der Waals surface area contributed by atoms with Crippen LogP contribution >= 0.6 is 0 Å². The zero-order valence-corrected chi connectivity index (χ0v) is 35.4. The summed E-state index contributed by atoms with van der Waals surface area (Å²) < 4.78 is 23.5. The van der Waals surface area contributed by atoms with E-state index < -0.39 is 0 Å². The molecular weight excluding hydrogens is 793 g/mol. The minimum atomic E-state index is 0.415. The minimum Gasteiger partial charge on any atom is -0.490 e. The summed E-state index contributed by atoms with van der Waals surface area (Å²) in [5, 5.41) is 0. The highest BCUT2D eigenvalue weighted by Crippen LogP contribution is 2.39. The number of H-pyrrole nitrogens is 2. The third-order valence-corrected chi connectivity index (χ3v) is 10.8. The number of hydrogen-bond donors (Lipinski definition) is 2. The van der Waals surface area contributed by atoms with Gasteiger partial charge in [0, 0.05) is 44.3 Å². The van der Waals surface area contributed by atoms with Crippen molar-refractivity contribution in [3.05, 3.63) is 195 Å². The normalized spacial score (nSPS) is 11.5. The second-order valence-corrected chi connectivity index (χ2v) is 15.0. The molecule has 2 N–H and O–H groups in total. The molecule has 9 rings (SSSR count). The Morgan fingerprint density at radius 3 is 0.750 bits per heavy atom. The maximum atomic E-state index is 5.88. The molecule has 0 fully saturated rings. The summed E-state index contributed by atoms with van der Waals surface area (Å²) in [6, 6.07) is 40.8. The number of aromatic nitrogens is 4. The second-order valence-electron chi connectivity index (χ2n) is 15.0. The van der Waals surface area contributed by atoms with Gasteiger partial charge in [0.2, 0.25) is 0 Å². The highest BCUT2D eigenvalue weighted by Gasteiger charge is 2.19. The lowest BCUT2D eigenvalue weighted by atomic mass is 10.0. The van der Waals surface area contributed by atoms with Crippen molar-refractivity contribution in [3.63, 3.8) is 0 Å². The van der Waals surface area contributed by atoms with Crippen LogP contribution in [0.4, 0.5) is 0 Å². The van der Waals surface area contributed by atoms with Crippen molar-refractivity contribution in [2.75, 3.05) is 26.4 Å². The average Bonchev–Trinajstić information content (AvgIpc) is 4.19. The van der Waals surface area contributed by atoms with E-state index in [0.29, 0.717) is 26.4 Å². The Balaban J connectivity index is 1.36. The van der Waals surface area contributed by atoms with Crippen molar-refractivity contribution in [2.45, 2.75) is 0 Å². The van der Waals surface area contributed by atoms with Crippen molar-refractivity contribution in [1.82, 2.24) is 19.9 Å². The fraction of sp³-hybridized carbons (Fsp3) is 0.0714. The van der Waals surface area contributed by atoms with Gasteiger partial charge in [-0.05, 0) is 119 Å². The fourth-order valence-electron chi connectivity index (χ4n) is 7.91. The van der Waals surface area contributed by atoms with E-state index >= 15 is 0 Å². The first-order valence-corrected chi connectivity index (χ1v) is 21.1. The van der Waals surface area contributed by atoms with Gasteiger partial charge in [0.25, 0.3) is 0 Å². The van der Waals surface area contributed by atoms with Crippen molar-refractivity contribution >= 4 is 46.4 Å². The maximum absolute atomic E-state index is 5.88. The van der Waals surface area contributed by atoms with Crippen LogP contribution in [0, 0.1) is 0 Å². The average molecular weight is 839 g/mol. The summed E-state index contributed by atoms with van der Waals surface area (Å²) in [5.41, 5.74) is 14.4. The molecule has 8 nitrogen and oxygen atoms in total. The van der Waals surface area contributed by atoms with Crippen molar-refractivity contribution in [3.8, 4) is 67.5 Å². The minimum absolute atomic E-state index is 0.415. The van der Waals surface area contributed by atoms with Crippen molar-refractivity contribution in [1.29, 1.82) is 0 Å². The van der Waals surface area contributed by atoms with Gasteiger partial charge < -0.3 is 28.9 Å². The van der Waals surface area contributed by atoms with Gasteiger partial charge in [0.15, 0.2) is 0 Å². The summed E-state index contributed by atoms with van der Waals surface area (Å²) in [4.78, 5) is 18.5. The maximum Gasteiger partial charge on any atom is 0.119 e. The number of ether oxygens (including phenoxy) is 4. The van der Waals surface area contributed by atoms with Gasteiger partial charge in [-0.3, -0.25) is 0 Å². The summed E-state index contributed by atoms with van der Waals surface area (Å²) in [6.45, 7) is 16.9. The van der Waals surface area contributed by atoms with Crippen LogP contribution in [0.1, 0.15) is 22.8 Å². The first-order valence-electron chi connectivity index (χ1n) is 21.1. The molecule has 0 aliphatic carbocycles. The topological polar surface area (TPSA) is 94.3 Å². The van der Waals surface area contributed by atoms with Crippen LogP contribution in [0.15, 0.2) is 172 Å². The predicted molar refractivity (Wildman–Crippen MR) is 263 cm³/mol. The van der Waals surface area contributed by atoms with Crippen LogP contribution in [0.2, 0.25) is 0 Å². The summed E-state index contributed by atoms with van der Waals surface area (Å²) >= 11 is 0. The van der Waals surface area contributed by atoms with Crippen molar-refractivity contribution < 1.29 is 18.9 Å². The van der Waals surface area contributed by atoms with Gasteiger partial charge in [0.05, 0.1) is 22.8 Å². The number of hydrogen-bond acceptors (Lipinski definition) is 6. The Morgan fingerprint density at radius 1 is 0.328 bits per heavy atom. The van der Waals surface area contributed by atoms with E-state index in [1.807, 2.05) is 48.5 Å². The number of fused-ring (bicyclic) bond motifs is 8. The van der Waals surface area contributed by atoms with E-state index in [4.69, 9.17) is 28.9 Å². The van der Waals surface area contributed by atoms with Gasteiger partial charge >= 0.3 is 0 Å². The molecule has 2 aliphatic rings. The Morgan fingerprint density at radius 2 is 0.547 bits per heavy atom. The molecule has 0 spiro atoms. The van der Waals surface area contributed by atoms with Crippen LogP contribution in [-0.2, 0) is 0 Å². The number of aromatic amines is 2. The molecule has 0 amide bonds. The third-order valence-electron chi connectivity index (χ3n) is 10.8. The SMILES string of the molecule is C=CCOc1ccc(-c2c3nc(c(-c4ccc(OCC=C)cc4)c4ccc([nH]4)c(-c4ccc(OCC=C)cc4)c4nc(c(-c5ccc(OCC=C)cc5)c5ccc2[nH]5)C=C4)C=C3)cc1. The van der Waals surface area contributed by atoms with Gasteiger partial charge in [-0.2, -0.15) is 0 Å². The molecule has 2 aliphatic heterocycles. The second kappa shape index (κ2) is 18.7. The van der Waals surface area contributed by atoms with E-state index in [2.05, 4.69) is 133 Å². The third kappa shape index (κ3) is 8.58. The Bertz CT molecular complexity index is 2690. The van der Waals surface area contributed by atoms with Gasteiger partial charge in [-0.15, -0.1) is 0 Å². The Labute approximate surface area is 372 Å². The number of nitrogens with one attached hydrogen (secondary N) is 2. The molecule has 4 aromatic carbocycles. The van der Waals surface area contributed by atoms with E-state index in [1.165, 1.54) is 0 Å².